The number of pyridine rings is 1. The van der Waals surface area contributed by atoms with Crippen LogP contribution in [0.25, 0.3) is 0 Å². The monoisotopic (exact) mass is 396 g/mol. The molecule has 1 amide bonds. The Morgan fingerprint density at radius 1 is 1.33 bits per heavy atom. The fourth-order valence-electron chi connectivity index (χ4n) is 1.93. The Morgan fingerprint density at radius 2 is 2.10 bits per heavy atom. The number of aromatic nitrogens is 1. The van der Waals surface area contributed by atoms with Gasteiger partial charge in [0.15, 0.2) is 0 Å². The molecule has 0 atom stereocenters. The maximum absolute atomic E-state index is 12.4. The van der Waals surface area contributed by atoms with Crippen molar-refractivity contribution in [2.24, 2.45) is 5.84 Å². The van der Waals surface area contributed by atoms with Gasteiger partial charge >= 0.3 is 0 Å². The van der Waals surface area contributed by atoms with Crippen molar-refractivity contribution in [1.82, 2.24) is 4.98 Å². The number of hydrazine groups is 1. The van der Waals surface area contributed by atoms with Crippen LogP contribution < -0.4 is 16.6 Å². The molecule has 1 aromatic carbocycles. The number of para-hydroxylation sites is 1. The van der Waals surface area contributed by atoms with Crippen molar-refractivity contribution < 1.29 is 4.79 Å². The number of carbonyl (C=O) groups excluding carboxylic acids is 1. The topological polar surface area (TPSA) is 80.0 Å². The third kappa shape index (κ3) is 4.15. The lowest BCUT2D eigenvalue weighted by atomic mass is 10.1. The molecule has 1 aromatic heterocycles. The summed E-state index contributed by atoms with van der Waals surface area (Å²) in [5.41, 5.74) is 4.69. The van der Waals surface area contributed by atoms with Crippen LogP contribution in [-0.4, -0.2) is 10.9 Å². The van der Waals surface area contributed by atoms with Crippen molar-refractivity contribution >= 4 is 40.0 Å². The molecule has 0 saturated heterocycles. The Morgan fingerprint density at radius 3 is 2.76 bits per heavy atom. The van der Waals surface area contributed by atoms with Crippen LogP contribution in [0.3, 0.4) is 0 Å². The first kappa shape index (κ1) is 15.7. The number of aryl methyl sites for hydroxylation is 1. The van der Waals surface area contributed by atoms with Crippen molar-refractivity contribution in [3.8, 4) is 0 Å². The number of carbonyl (C=O) groups is 1. The summed E-state index contributed by atoms with van der Waals surface area (Å²) in [6.07, 6.45) is 1.76. The average molecular weight is 396 g/mol. The number of benzene rings is 1. The zero-order valence-corrected chi connectivity index (χ0v) is 13.8. The zero-order chi connectivity index (χ0) is 15.2. The van der Waals surface area contributed by atoms with E-state index in [1.165, 1.54) is 0 Å². The van der Waals surface area contributed by atoms with Crippen molar-refractivity contribution in [2.75, 3.05) is 10.7 Å². The summed E-state index contributed by atoms with van der Waals surface area (Å²) in [4.78, 5) is 16.7. The first-order chi connectivity index (χ1) is 10.1. The van der Waals surface area contributed by atoms with Crippen LogP contribution in [0.4, 0.5) is 11.5 Å². The number of nitrogens with two attached hydrogens (primary N) is 1. The lowest BCUT2D eigenvalue weighted by Crippen LogP contribution is -2.16. The van der Waals surface area contributed by atoms with Crippen LogP contribution in [-0.2, 0) is 6.42 Å². The standard InChI is InChI=1S/C15H17IN4O/c1-2-5-11-8-10(9-14(18-11)20-17)15(21)19-13-7-4-3-6-12(13)16/h3-4,6-9H,2,5,17H2,1H3,(H,18,20)(H,19,21). The third-order valence-electron chi connectivity index (χ3n) is 2.92. The van der Waals surface area contributed by atoms with Gasteiger partial charge in [-0.1, -0.05) is 25.5 Å². The minimum Gasteiger partial charge on any atom is -0.321 e. The SMILES string of the molecule is CCCc1cc(C(=O)Nc2ccccc2I)cc(NN)n1. The molecule has 0 fully saturated rings. The van der Waals surface area contributed by atoms with Crippen LogP contribution in [0.1, 0.15) is 29.4 Å². The molecule has 0 spiro atoms. The molecule has 21 heavy (non-hydrogen) atoms. The highest BCUT2D eigenvalue weighted by Crippen LogP contribution is 2.19. The van der Waals surface area contributed by atoms with Crippen LogP contribution in [0.5, 0.6) is 0 Å². The van der Waals surface area contributed by atoms with Gasteiger partial charge in [-0.3, -0.25) is 4.79 Å². The summed E-state index contributed by atoms with van der Waals surface area (Å²) < 4.78 is 0.989. The summed E-state index contributed by atoms with van der Waals surface area (Å²) in [6, 6.07) is 11.1. The molecule has 6 heteroatoms. The van der Waals surface area contributed by atoms with Gasteiger partial charge in [0.2, 0.25) is 0 Å². The molecular formula is C15H17IN4O. The van der Waals surface area contributed by atoms with Gasteiger partial charge in [0.25, 0.3) is 5.91 Å². The number of nitrogen functional groups attached to an aromatic ring is 1. The Bertz CT molecular complexity index is 645. The van der Waals surface area contributed by atoms with Gasteiger partial charge in [0, 0.05) is 14.8 Å². The number of halogens is 1. The van der Waals surface area contributed by atoms with Crippen LogP contribution in [0.2, 0.25) is 0 Å². The summed E-state index contributed by atoms with van der Waals surface area (Å²) in [7, 11) is 0. The highest BCUT2D eigenvalue weighted by molar-refractivity contribution is 14.1. The second-order valence-corrected chi connectivity index (χ2v) is 5.72. The van der Waals surface area contributed by atoms with Gasteiger partial charge in [-0.25, -0.2) is 10.8 Å². The molecule has 1 heterocycles. The number of anilines is 2. The van der Waals surface area contributed by atoms with Gasteiger partial charge in [-0.2, -0.15) is 0 Å². The lowest BCUT2D eigenvalue weighted by Gasteiger charge is -2.10. The van der Waals surface area contributed by atoms with Gasteiger partial charge in [-0.05, 0) is 53.3 Å². The predicted molar refractivity (Wildman–Crippen MR) is 93.2 cm³/mol. The average Bonchev–Trinajstić information content (AvgIpc) is 2.49. The summed E-state index contributed by atoms with van der Waals surface area (Å²) in [5.74, 6) is 5.74. The minimum atomic E-state index is -0.171. The molecule has 0 unspecified atom stereocenters. The van der Waals surface area contributed by atoms with Crippen LogP contribution >= 0.6 is 22.6 Å². The Hall–Kier alpha value is -1.67. The fourth-order valence-corrected chi connectivity index (χ4v) is 2.46. The number of hydrogen-bond acceptors (Lipinski definition) is 4. The van der Waals surface area contributed by atoms with Crippen molar-refractivity contribution in [3.63, 3.8) is 0 Å². The van der Waals surface area contributed by atoms with E-state index in [2.05, 4.69) is 45.2 Å². The zero-order valence-electron chi connectivity index (χ0n) is 11.7. The molecule has 0 aliphatic carbocycles. The van der Waals surface area contributed by atoms with Crippen molar-refractivity contribution in [1.29, 1.82) is 0 Å². The number of hydrogen-bond donors (Lipinski definition) is 3. The van der Waals surface area contributed by atoms with E-state index in [0.717, 1.165) is 27.8 Å². The van der Waals surface area contributed by atoms with E-state index in [-0.39, 0.29) is 5.91 Å². The molecule has 0 aliphatic heterocycles. The molecule has 2 aromatic rings. The molecule has 110 valence electrons. The van der Waals surface area contributed by atoms with Gasteiger partial charge in [0.05, 0.1) is 5.69 Å². The Kier molecular flexibility index (Phi) is 5.51. The van der Waals surface area contributed by atoms with E-state index in [1.807, 2.05) is 24.3 Å². The van der Waals surface area contributed by atoms with E-state index >= 15 is 0 Å². The fraction of sp³-hybridized carbons (Fsp3) is 0.200. The maximum atomic E-state index is 12.4. The number of rotatable bonds is 5. The van der Waals surface area contributed by atoms with E-state index in [1.54, 1.807) is 12.1 Å². The Balaban J connectivity index is 2.26. The largest absolute Gasteiger partial charge is 0.321 e. The predicted octanol–water partition coefficient (Wildman–Crippen LogP) is 3.18. The summed E-state index contributed by atoms with van der Waals surface area (Å²) in [5, 5.41) is 2.90. The third-order valence-corrected chi connectivity index (χ3v) is 3.86. The smallest absolute Gasteiger partial charge is 0.255 e. The number of nitrogens with one attached hydrogen (secondary N) is 2. The van der Waals surface area contributed by atoms with Gasteiger partial charge in [-0.15, -0.1) is 0 Å². The molecular weight excluding hydrogens is 379 g/mol. The number of amides is 1. The molecule has 0 radical (unpaired) electrons. The van der Waals surface area contributed by atoms with E-state index in [0.29, 0.717) is 11.4 Å². The summed E-state index contributed by atoms with van der Waals surface area (Å²) >= 11 is 2.19. The maximum Gasteiger partial charge on any atom is 0.255 e. The highest BCUT2D eigenvalue weighted by Gasteiger charge is 2.11. The molecule has 4 N–H and O–H groups in total. The van der Waals surface area contributed by atoms with E-state index in [9.17, 15) is 4.79 Å². The normalized spacial score (nSPS) is 10.2. The quantitative estimate of drug-likeness (QED) is 0.412. The molecule has 0 saturated carbocycles. The number of nitrogens with zero attached hydrogens (tertiary/aromatic N) is 1. The molecule has 2 rings (SSSR count). The Labute approximate surface area is 137 Å². The first-order valence-electron chi connectivity index (χ1n) is 6.67. The highest BCUT2D eigenvalue weighted by atomic mass is 127. The van der Waals surface area contributed by atoms with Crippen molar-refractivity contribution in [3.05, 3.63) is 51.2 Å². The van der Waals surface area contributed by atoms with Crippen molar-refractivity contribution in [2.45, 2.75) is 19.8 Å². The van der Waals surface area contributed by atoms with E-state index in [4.69, 9.17) is 5.84 Å². The van der Waals surface area contributed by atoms with Crippen LogP contribution in [0.15, 0.2) is 36.4 Å². The van der Waals surface area contributed by atoms with Gasteiger partial charge < -0.3 is 10.7 Å². The second kappa shape index (κ2) is 7.37. The molecule has 0 bridgehead atoms. The second-order valence-electron chi connectivity index (χ2n) is 4.56. The molecule has 0 aliphatic rings. The van der Waals surface area contributed by atoms with Gasteiger partial charge in [0.1, 0.15) is 5.82 Å². The minimum absolute atomic E-state index is 0.171. The van der Waals surface area contributed by atoms with Crippen LogP contribution in [0, 0.1) is 3.57 Å². The summed E-state index contributed by atoms with van der Waals surface area (Å²) in [6.45, 7) is 2.07. The molecule has 5 nitrogen and oxygen atoms in total. The van der Waals surface area contributed by atoms with E-state index < -0.39 is 0 Å². The first-order valence-corrected chi connectivity index (χ1v) is 7.75. The lowest BCUT2D eigenvalue weighted by molar-refractivity contribution is 0.102.